The lowest BCUT2D eigenvalue weighted by atomic mass is 9.91. The molecule has 0 unspecified atom stereocenters. The van der Waals surface area contributed by atoms with Gasteiger partial charge in [0.15, 0.2) is 15.6 Å². The molecule has 1 aromatic heterocycles. The Morgan fingerprint density at radius 3 is 2.75 bits per heavy atom. The average molecular weight is 422 g/mol. The molecule has 0 aliphatic heterocycles. The van der Waals surface area contributed by atoms with Gasteiger partial charge in [-0.05, 0) is 55.9 Å². The van der Waals surface area contributed by atoms with Gasteiger partial charge in [-0.1, -0.05) is 17.7 Å². The van der Waals surface area contributed by atoms with Crippen LogP contribution in [0.3, 0.4) is 0 Å². The lowest BCUT2D eigenvalue weighted by molar-refractivity contribution is 0.247. The number of fused-ring (bicyclic) bond motifs is 1. The molecule has 2 amide bonds. The fraction of sp³-hybridized carbons (Fsp3) is 0.368. The first kappa shape index (κ1) is 19.0. The SMILES string of the molecule is O=C(Nc1ccc(Cl)c(S(=O)(=O)C2CC2)c1O)N[C@H]1CCCc2ncccc21. The van der Waals surface area contributed by atoms with Crippen molar-refractivity contribution in [3.8, 4) is 5.75 Å². The molecular formula is C19H20ClN3O4S. The van der Waals surface area contributed by atoms with Crippen LogP contribution < -0.4 is 10.6 Å². The zero-order chi connectivity index (χ0) is 19.9. The van der Waals surface area contributed by atoms with Crippen molar-refractivity contribution in [2.24, 2.45) is 0 Å². The second-order valence-electron chi connectivity index (χ2n) is 7.10. The van der Waals surface area contributed by atoms with Crippen molar-refractivity contribution in [1.29, 1.82) is 0 Å². The van der Waals surface area contributed by atoms with E-state index in [2.05, 4.69) is 15.6 Å². The maximum Gasteiger partial charge on any atom is 0.319 e. The molecule has 0 bridgehead atoms. The van der Waals surface area contributed by atoms with E-state index in [0.29, 0.717) is 12.8 Å². The summed E-state index contributed by atoms with van der Waals surface area (Å²) >= 11 is 6.03. The van der Waals surface area contributed by atoms with Crippen molar-refractivity contribution in [1.82, 2.24) is 10.3 Å². The van der Waals surface area contributed by atoms with E-state index >= 15 is 0 Å². The molecule has 9 heteroatoms. The molecule has 148 valence electrons. The van der Waals surface area contributed by atoms with Crippen LogP contribution in [0, 0.1) is 0 Å². The molecule has 2 aliphatic carbocycles. The van der Waals surface area contributed by atoms with Crippen LogP contribution in [0.1, 0.15) is 43.0 Å². The zero-order valence-corrected chi connectivity index (χ0v) is 16.6. The van der Waals surface area contributed by atoms with Gasteiger partial charge in [0.25, 0.3) is 0 Å². The number of sulfone groups is 1. The summed E-state index contributed by atoms with van der Waals surface area (Å²) in [6.45, 7) is 0. The molecule has 1 saturated carbocycles. The highest BCUT2D eigenvalue weighted by atomic mass is 35.5. The van der Waals surface area contributed by atoms with E-state index in [1.54, 1.807) is 6.20 Å². The molecule has 0 spiro atoms. The van der Waals surface area contributed by atoms with Gasteiger partial charge in [-0.25, -0.2) is 13.2 Å². The topological polar surface area (TPSA) is 108 Å². The number of rotatable bonds is 4. The van der Waals surface area contributed by atoms with E-state index in [1.807, 2.05) is 12.1 Å². The number of carbonyl (C=O) groups is 1. The Hall–Kier alpha value is -2.32. The lowest BCUT2D eigenvalue weighted by Crippen LogP contribution is -2.34. The largest absolute Gasteiger partial charge is 0.504 e. The van der Waals surface area contributed by atoms with E-state index in [0.717, 1.165) is 30.5 Å². The van der Waals surface area contributed by atoms with Gasteiger partial charge < -0.3 is 15.7 Å². The van der Waals surface area contributed by atoms with Crippen LogP contribution in [0.2, 0.25) is 5.02 Å². The van der Waals surface area contributed by atoms with Crippen LogP contribution in [0.25, 0.3) is 0 Å². The Bertz CT molecular complexity index is 1040. The van der Waals surface area contributed by atoms with Gasteiger partial charge in [-0.3, -0.25) is 4.98 Å². The van der Waals surface area contributed by atoms with Gasteiger partial charge in [0.2, 0.25) is 0 Å². The normalized spacial score (nSPS) is 19.0. The number of benzene rings is 1. The van der Waals surface area contributed by atoms with Gasteiger partial charge >= 0.3 is 6.03 Å². The number of anilines is 1. The van der Waals surface area contributed by atoms with Crippen molar-refractivity contribution >= 4 is 33.2 Å². The van der Waals surface area contributed by atoms with Crippen LogP contribution in [0.15, 0.2) is 35.4 Å². The monoisotopic (exact) mass is 421 g/mol. The summed E-state index contributed by atoms with van der Waals surface area (Å²) in [5, 5.41) is 15.3. The molecule has 1 heterocycles. The lowest BCUT2D eigenvalue weighted by Gasteiger charge is -2.25. The summed E-state index contributed by atoms with van der Waals surface area (Å²) in [6.07, 6.45) is 5.38. The number of pyridine rings is 1. The molecule has 1 atom stereocenters. The predicted molar refractivity (Wildman–Crippen MR) is 105 cm³/mol. The molecule has 1 fully saturated rings. The van der Waals surface area contributed by atoms with E-state index in [-0.39, 0.29) is 21.6 Å². The highest BCUT2D eigenvalue weighted by molar-refractivity contribution is 7.92. The van der Waals surface area contributed by atoms with Gasteiger partial charge in [-0.15, -0.1) is 0 Å². The number of amides is 2. The number of aryl methyl sites for hydroxylation is 1. The highest BCUT2D eigenvalue weighted by Crippen LogP contribution is 2.43. The number of halogens is 1. The molecule has 1 aromatic carbocycles. The number of hydrogen-bond donors (Lipinski definition) is 3. The fourth-order valence-electron chi connectivity index (χ4n) is 3.54. The van der Waals surface area contributed by atoms with Gasteiger partial charge in [0.05, 0.1) is 22.0 Å². The number of hydrogen-bond acceptors (Lipinski definition) is 5. The number of nitrogens with one attached hydrogen (secondary N) is 2. The summed E-state index contributed by atoms with van der Waals surface area (Å²) in [6, 6.07) is 5.80. The van der Waals surface area contributed by atoms with E-state index < -0.39 is 26.9 Å². The number of urea groups is 1. The second kappa shape index (κ2) is 7.25. The number of aromatic nitrogens is 1. The average Bonchev–Trinajstić information content (AvgIpc) is 3.50. The van der Waals surface area contributed by atoms with Crippen LogP contribution >= 0.6 is 11.6 Å². The van der Waals surface area contributed by atoms with Gasteiger partial charge in [0, 0.05) is 11.9 Å². The Labute approximate surface area is 168 Å². The Morgan fingerprint density at radius 1 is 1.21 bits per heavy atom. The number of phenols is 1. The van der Waals surface area contributed by atoms with Gasteiger partial charge in [0.1, 0.15) is 4.90 Å². The standard InChI is InChI=1S/C19H20ClN3O4S/c20-13-8-9-16(17(24)18(13)28(26,27)11-6-7-11)23-19(25)22-15-5-1-4-14-12(15)3-2-10-21-14/h2-3,8-11,15,24H,1,4-7H2,(H2,22,23,25)/t15-/m0/s1. The van der Waals surface area contributed by atoms with Crippen LogP contribution in [-0.2, 0) is 16.3 Å². The third-order valence-corrected chi connectivity index (χ3v) is 7.85. The van der Waals surface area contributed by atoms with E-state index in [9.17, 15) is 18.3 Å². The number of phenolic OH excluding ortho intramolecular Hbond substituents is 1. The summed E-state index contributed by atoms with van der Waals surface area (Å²) in [5.74, 6) is -0.528. The predicted octanol–water partition coefficient (Wildman–Crippen LogP) is 3.58. The third kappa shape index (κ3) is 3.54. The summed E-state index contributed by atoms with van der Waals surface area (Å²) < 4.78 is 25.1. The van der Waals surface area contributed by atoms with E-state index in [4.69, 9.17) is 11.6 Å². The summed E-state index contributed by atoms with van der Waals surface area (Å²) in [7, 11) is -3.71. The smallest absolute Gasteiger partial charge is 0.319 e. The van der Waals surface area contributed by atoms with Crippen molar-refractivity contribution in [3.63, 3.8) is 0 Å². The molecule has 0 saturated heterocycles. The quantitative estimate of drug-likeness (QED) is 0.654. The highest BCUT2D eigenvalue weighted by Gasteiger charge is 2.40. The number of nitrogens with zero attached hydrogens (tertiary/aromatic N) is 1. The molecule has 2 aliphatic rings. The van der Waals surface area contributed by atoms with E-state index in [1.165, 1.54) is 12.1 Å². The maximum absolute atomic E-state index is 12.5. The molecule has 28 heavy (non-hydrogen) atoms. The fourth-order valence-corrected chi connectivity index (χ4v) is 5.82. The zero-order valence-electron chi connectivity index (χ0n) is 15.0. The molecule has 7 nitrogen and oxygen atoms in total. The molecule has 0 radical (unpaired) electrons. The molecular weight excluding hydrogens is 402 g/mol. The Balaban J connectivity index is 1.55. The minimum absolute atomic E-state index is 0.00310. The molecule has 3 N–H and O–H groups in total. The van der Waals surface area contributed by atoms with Crippen molar-refractivity contribution in [2.45, 2.75) is 48.3 Å². The third-order valence-electron chi connectivity index (χ3n) is 5.09. The first-order valence-electron chi connectivity index (χ1n) is 9.14. The van der Waals surface area contributed by atoms with Crippen molar-refractivity contribution < 1.29 is 18.3 Å². The Kier molecular flexibility index (Phi) is 4.93. The van der Waals surface area contributed by atoms with Gasteiger partial charge in [-0.2, -0.15) is 0 Å². The summed E-state index contributed by atoms with van der Waals surface area (Å²) in [4.78, 5) is 16.5. The minimum atomic E-state index is -3.71. The number of carbonyl (C=O) groups excluding carboxylic acids is 1. The first-order valence-corrected chi connectivity index (χ1v) is 11.1. The second-order valence-corrected chi connectivity index (χ2v) is 9.67. The van der Waals surface area contributed by atoms with Crippen molar-refractivity contribution in [3.05, 3.63) is 46.7 Å². The molecule has 4 rings (SSSR count). The van der Waals surface area contributed by atoms with Crippen molar-refractivity contribution in [2.75, 3.05) is 5.32 Å². The molecule has 2 aromatic rings. The first-order chi connectivity index (χ1) is 13.4. The number of aromatic hydroxyl groups is 1. The van der Waals surface area contributed by atoms with Crippen LogP contribution in [-0.4, -0.2) is 29.8 Å². The van der Waals surface area contributed by atoms with Crippen LogP contribution in [0.5, 0.6) is 5.75 Å². The maximum atomic E-state index is 12.5. The van der Waals surface area contributed by atoms with Crippen LogP contribution in [0.4, 0.5) is 10.5 Å². The summed E-state index contributed by atoms with van der Waals surface area (Å²) in [5.41, 5.74) is 1.94. The Morgan fingerprint density at radius 2 is 2.00 bits per heavy atom. The minimum Gasteiger partial charge on any atom is -0.504 e.